The van der Waals surface area contributed by atoms with Crippen molar-refractivity contribution in [3.05, 3.63) is 35.4 Å². The minimum atomic E-state index is 0.810. The Morgan fingerprint density at radius 3 is 3.13 bits per heavy atom. The number of hydrogen-bond donors (Lipinski definition) is 1. The van der Waals surface area contributed by atoms with E-state index in [4.69, 9.17) is 0 Å². The zero-order valence-electron chi connectivity index (χ0n) is 9.33. The Bertz CT molecular complexity index is 305. The van der Waals surface area contributed by atoms with Crippen molar-refractivity contribution in [2.45, 2.75) is 18.8 Å². The molecule has 1 aromatic carbocycles. The second-order valence-electron chi connectivity index (χ2n) is 4.16. The average Bonchev–Trinajstić information content (AvgIpc) is 2.80. The molecule has 1 unspecified atom stereocenters. The Morgan fingerprint density at radius 1 is 1.47 bits per heavy atom. The first kappa shape index (κ1) is 11.0. The molecule has 1 fully saturated rings. The van der Waals surface area contributed by atoms with Crippen molar-refractivity contribution >= 4 is 11.8 Å². The quantitative estimate of drug-likeness (QED) is 0.839. The van der Waals surface area contributed by atoms with Crippen LogP contribution >= 0.6 is 11.8 Å². The number of likely N-dealkylation sites (N-methyl/N-ethyl adjacent to an activating group) is 1. The molecule has 1 N–H and O–H groups in total. The van der Waals surface area contributed by atoms with Gasteiger partial charge in [-0.2, -0.15) is 11.8 Å². The first-order valence-electron chi connectivity index (χ1n) is 5.71. The van der Waals surface area contributed by atoms with E-state index < -0.39 is 0 Å². The fourth-order valence-electron chi connectivity index (χ4n) is 2.07. The Morgan fingerprint density at radius 2 is 2.40 bits per heavy atom. The molecule has 1 aromatic rings. The van der Waals surface area contributed by atoms with Crippen LogP contribution in [0.25, 0.3) is 0 Å². The highest BCUT2D eigenvalue weighted by molar-refractivity contribution is 7.99. The SMILES string of the molecule is CNCCc1cccc(C2CCSC2)c1. The summed E-state index contributed by atoms with van der Waals surface area (Å²) in [4.78, 5) is 0. The lowest BCUT2D eigenvalue weighted by molar-refractivity contribution is 0.769. The van der Waals surface area contributed by atoms with E-state index in [0.29, 0.717) is 0 Å². The monoisotopic (exact) mass is 221 g/mol. The van der Waals surface area contributed by atoms with Gasteiger partial charge in [-0.05, 0) is 49.2 Å². The van der Waals surface area contributed by atoms with Gasteiger partial charge in [-0.3, -0.25) is 0 Å². The Hall–Kier alpha value is -0.470. The van der Waals surface area contributed by atoms with Gasteiger partial charge in [-0.15, -0.1) is 0 Å². The zero-order chi connectivity index (χ0) is 10.5. The lowest BCUT2D eigenvalue weighted by Crippen LogP contribution is -2.10. The molecule has 0 saturated carbocycles. The van der Waals surface area contributed by atoms with E-state index in [1.165, 1.54) is 23.5 Å². The molecule has 1 aliphatic heterocycles. The molecule has 1 saturated heterocycles. The molecule has 0 aromatic heterocycles. The molecule has 15 heavy (non-hydrogen) atoms. The summed E-state index contributed by atoms with van der Waals surface area (Å²) < 4.78 is 0. The molecule has 0 bridgehead atoms. The molecular weight excluding hydrogens is 202 g/mol. The van der Waals surface area contributed by atoms with Gasteiger partial charge in [-0.1, -0.05) is 24.3 Å². The third kappa shape index (κ3) is 2.99. The normalized spacial score (nSPS) is 20.7. The minimum Gasteiger partial charge on any atom is -0.319 e. The summed E-state index contributed by atoms with van der Waals surface area (Å²) in [5.74, 6) is 3.46. The van der Waals surface area contributed by atoms with Crippen LogP contribution in [0, 0.1) is 0 Å². The van der Waals surface area contributed by atoms with Crippen molar-refractivity contribution in [3.8, 4) is 0 Å². The van der Waals surface area contributed by atoms with Gasteiger partial charge in [0, 0.05) is 5.75 Å². The molecule has 1 nitrogen and oxygen atoms in total. The van der Waals surface area contributed by atoms with Gasteiger partial charge < -0.3 is 5.32 Å². The molecule has 2 rings (SSSR count). The van der Waals surface area contributed by atoms with Crippen LogP contribution in [0.2, 0.25) is 0 Å². The lowest BCUT2D eigenvalue weighted by atomic mass is 9.96. The Labute approximate surface area is 96.7 Å². The summed E-state index contributed by atoms with van der Waals surface area (Å²) in [7, 11) is 2.01. The molecule has 0 spiro atoms. The molecule has 0 aliphatic carbocycles. The van der Waals surface area contributed by atoms with Gasteiger partial charge in [0.1, 0.15) is 0 Å². The fraction of sp³-hybridized carbons (Fsp3) is 0.538. The highest BCUT2D eigenvalue weighted by atomic mass is 32.2. The van der Waals surface area contributed by atoms with Crippen molar-refractivity contribution in [1.82, 2.24) is 5.32 Å². The standard InChI is InChI=1S/C13H19NS/c1-14-7-5-11-3-2-4-12(9-11)13-6-8-15-10-13/h2-4,9,13-14H,5-8,10H2,1H3. The minimum absolute atomic E-state index is 0.810. The summed E-state index contributed by atoms with van der Waals surface area (Å²) >= 11 is 2.09. The maximum absolute atomic E-state index is 3.20. The summed E-state index contributed by atoms with van der Waals surface area (Å²) in [6.45, 7) is 1.07. The molecule has 2 heteroatoms. The van der Waals surface area contributed by atoms with Crippen LogP contribution in [0.1, 0.15) is 23.5 Å². The number of thioether (sulfide) groups is 1. The first-order chi connectivity index (χ1) is 7.40. The third-order valence-corrected chi connectivity index (χ3v) is 4.18. The van der Waals surface area contributed by atoms with Gasteiger partial charge in [0.25, 0.3) is 0 Å². The van der Waals surface area contributed by atoms with Crippen LogP contribution in [-0.4, -0.2) is 25.1 Å². The summed E-state index contributed by atoms with van der Waals surface area (Å²) in [6.07, 6.45) is 2.50. The summed E-state index contributed by atoms with van der Waals surface area (Å²) in [5.41, 5.74) is 3.02. The van der Waals surface area contributed by atoms with Crippen molar-refractivity contribution < 1.29 is 0 Å². The van der Waals surface area contributed by atoms with E-state index >= 15 is 0 Å². The summed E-state index contributed by atoms with van der Waals surface area (Å²) in [6, 6.07) is 9.14. The third-order valence-electron chi connectivity index (χ3n) is 3.02. The predicted molar refractivity (Wildman–Crippen MR) is 68.8 cm³/mol. The Balaban J connectivity index is 2.04. The zero-order valence-corrected chi connectivity index (χ0v) is 10.1. The maximum atomic E-state index is 3.20. The number of benzene rings is 1. The smallest absolute Gasteiger partial charge is 0.000177 e. The maximum Gasteiger partial charge on any atom is 0.000177 e. The number of hydrogen-bond acceptors (Lipinski definition) is 2. The van der Waals surface area contributed by atoms with Crippen molar-refractivity contribution in [2.24, 2.45) is 0 Å². The summed E-state index contributed by atoms with van der Waals surface area (Å²) in [5, 5.41) is 3.20. The molecule has 1 aliphatic rings. The number of rotatable bonds is 4. The molecule has 0 amide bonds. The predicted octanol–water partition coefficient (Wildman–Crippen LogP) is 2.67. The van der Waals surface area contributed by atoms with E-state index in [-0.39, 0.29) is 0 Å². The fourth-order valence-corrected chi connectivity index (χ4v) is 3.33. The van der Waals surface area contributed by atoms with Crippen LogP contribution in [0.5, 0.6) is 0 Å². The van der Waals surface area contributed by atoms with Crippen LogP contribution < -0.4 is 5.32 Å². The van der Waals surface area contributed by atoms with Crippen molar-refractivity contribution in [3.63, 3.8) is 0 Å². The van der Waals surface area contributed by atoms with E-state index in [1.807, 2.05) is 7.05 Å². The van der Waals surface area contributed by atoms with E-state index in [2.05, 4.69) is 41.3 Å². The molecule has 0 radical (unpaired) electrons. The van der Waals surface area contributed by atoms with Crippen molar-refractivity contribution in [2.75, 3.05) is 25.1 Å². The van der Waals surface area contributed by atoms with Gasteiger partial charge in [0.05, 0.1) is 0 Å². The molecule has 1 atom stereocenters. The van der Waals surface area contributed by atoms with Crippen LogP contribution in [0.3, 0.4) is 0 Å². The largest absolute Gasteiger partial charge is 0.319 e. The van der Waals surface area contributed by atoms with Gasteiger partial charge in [0.15, 0.2) is 0 Å². The van der Waals surface area contributed by atoms with Crippen LogP contribution in [-0.2, 0) is 6.42 Å². The van der Waals surface area contributed by atoms with E-state index in [0.717, 1.165) is 18.9 Å². The molecule has 82 valence electrons. The van der Waals surface area contributed by atoms with Crippen LogP contribution in [0.4, 0.5) is 0 Å². The molecular formula is C13H19NS. The lowest BCUT2D eigenvalue weighted by Gasteiger charge is -2.10. The second kappa shape index (κ2) is 5.57. The van der Waals surface area contributed by atoms with Gasteiger partial charge >= 0.3 is 0 Å². The van der Waals surface area contributed by atoms with Crippen LogP contribution in [0.15, 0.2) is 24.3 Å². The van der Waals surface area contributed by atoms with Crippen molar-refractivity contribution in [1.29, 1.82) is 0 Å². The topological polar surface area (TPSA) is 12.0 Å². The number of nitrogens with one attached hydrogen (secondary N) is 1. The molecule has 1 heterocycles. The average molecular weight is 221 g/mol. The van der Waals surface area contributed by atoms with E-state index in [9.17, 15) is 0 Å². The Kier molecular flexibility index (Phi) is 4.09. The van der Waals surface area contributed by atoms with E-state index in [1.54, 1.807) is 5.56 Å². The first-order valence-corrected chi connectivity index (χ1v) is 6.87. The second-order valence-corrected chi connectivity index (χ2v) is 5.31. The van der Waals surface area contributed by atoms with Gasteiger partial charge in [0.2, 0.25) is 0 Å². The highest BCUT2D eigenvalue weighted by Crippen LogP contribution is 2.32. The highest BCUT2D eigenvalue weighted by Gasteiger charge is 2.17. The van der Waals surface area contributed by atoms with Gasteiger partial charge in [-0.25, -0.2) is 0 Å².